The Bertz CT molecular complexity index is 1920. The molecule has 0 bridgehead atoms. The van der Waals surface area contributed by atoms with E-state index >= 15 is 0 Å². The van der Waals surface area contributed by atoms with E-state index in [1.54, 1.807) is 0 Å². The summed E-state index contributed by atoms with van der Waals surface area (Å²) in [5.41, 5.74) is 17.8. The SMILES string of the molecule is CC(C)(C)c1[c-]c2c(cc1C(C)(C)C)-c1cc(C(C)(C)C)c(C(C)(C)C)cc1C2.CC(C)(C)c1ccc([C](=[Zr+2])c2ccc(C(C)(C)C)cc2)cc1.Cl.Cl.[C-]1=CC=CC1. The van der Waals surface area contributed by atoms with Crippen molar-refractivity contribution in [1.29, 1.82) is 0 Å². The van der Waals surface area contributed by atoms with Crippen LogP contribution in [0.25, 0.3) is 11.1 Å². The van der Waals surface area contributed by atoms with Crippen LogP contribution >= 0.6 is 24.8 Å². The van der Waals surface area contributed by atoms with E-state index in [4.69, 9.17) is 0 Å². The number of benzene rings is 4. The van der Waals surface area contributed by atoms with Gasteiger partial charge in [-0.1, -0.05) is 106 Å². The number of hydrogen-bond donors (Lipinski definition) is 0. The third kappa shape index (κ3) is 13.1. The molecule has 0 unspecified atom stereocenters. The van der Waals surface area contributed by atoms with Crippen molar-refractivity contribution in [2.45, 2.75) is 170 Å². The van der Waals surface area contributed by atoms with E-state index in [-0.39, 0.29) is 57.3 Å². The first-order chi connectivity index (χ1) is 25.5. The molecule has 2 aliphatic rings. The van der Waals surface area contributed by atoms with E-state index in [9.17, 15) is 0 Å². The second-order valence-corrected chi connectivity index (χ2v) is 23.4. The topological polar surface area (TPSA) is 0 Å². The Labute approximate surface area is 383 Å². The maximum Gasteiger partial charge on any atom is -0.109 e. The van der Waals surface area contributed by atoms with Gasteiger partial charge in [0.2, 0.25) is 0 Å². The monoisotopic (exact) mass is 894 g/mol. The molecule has 0 saturated heterocycles. The molecular weight excluding hydrogens is 823 g/mol. The summed E-state index contributed by atoms with van der Waals surface area (Å²) in [4.78, 5) is 0. The zero-order chi connectivity index (χ0) is 42.2. The molecule has 2 aliphatic carbocycles. The number of fused-ring (bicyclic) bond motifs is 3. The van der Waals surface area contributed by atoms with E-state index in [2.05, 4.69) is 210 Å². The first-order valence-electron chi connectivity index (χ1n) is 20.8. The Morgan fingerprint density at radius 3 is 1.24 bits per heavy atom. The van der Waals surface area contributed by atoms with Gasteiger partial charge in [0.15, 0.2) is 0 Å². The second-order valence-electron chi connectivity index (χ2n) is 22.2. The van der Waals surface area contributed by atoms with Crippen LogP contribution in [0.4, 0.5) is 0 Å². The van der Waals surface area contributed by atoms with E-state index in [0.717, 1.165) is 12.8 Å². The molecule has 0 spiro atoms. The molecule has 0 aliphatic heterocycles. The van der Waals surface area contributed by atoms with Crippen molar-refractivity contribution in [2.24, 2.45) is 0 Å². The minimum absolute atomic E-state index is 0. The molecular formula is C55H74Cl2Zr. The van der Waals surface area contributed by atoms with Gasteiger partial charge in [-0.15, -0.1) is 47.9 Å². The summed E-state index contributed by atoms with van der Waals surface area (Å²) in [6, 6.07) is 29.5. The molecule has 0 N–H and O–H groups in total. The Hall–Kier alpha value is -2.31. The molecule has 4 aromatic carbocycles. The Morgan fingerprint density at radius 1 is 0.500 bits per heavy atom. The summed E-state index contributed by atoms with van der Waals surface area (Å²) < 4.78 is 1.42. The molecule has 0 saturated carbocycles. The van der Waals surface area contributed by atoms with Crippen LogP contribution in [0.15, 0.2) is 85.0 Å². The van der Waals surface area contributed by atoms with Crippen LogP contribution in [0.1, 0.15) is 187 Å². The van der Waals surface area contributed by atoms with Gasteiger partial charge < -0.3 is 0 Å². The standard InChI is InChI=1S/C29H41.C21H26.C5H5.2ClH.Zr/c1-26(2,3)22-14-18-13-19-15-23(27(4,5)6)25(29(10,11)12)17-21(19)20(18)16-24(22)28(7,8)9;1-20(2,3)18-11-7-16(8-12-18)15-17-9-13-19(14-10-17)21(4,5)6;1-2-4-5-3-1;;;/h14,16-17H,13H2,1-12H3;7-14H,1-6H3;1-3H,4H2;2*1H;/q-1;;-1;;;+2. The van der Waals surface area contributed by atoms with Crippen LogP contribution in [0.5, 0.6) is 0 Å². The summed E-state index contributed by atoms with van der Waals surface area (Å²) in [7, 11) is 0. The fourth-order valence-corrected chi connectivity index (χ4v) is 8.22. The quantitative estimate of drug-likeness (QED) is 0.155. The second kappa shape index (κ2) is 19.2. The van der Waals surface area contributed by atoms with Crippen LogP contribution in [0.3, 0.4) is 0 Å². The molecule has 3 heteroatoms. The van der Waals surface area contributed by atoms with Gasteiger partial charge in [0, 0.05) is 0 Å². The van der Waals surface area contributed by atoms with E-state index < -0.39 is 0 Å². The van der Waals surface area contributed by atoms with Gasteiger partial charge in [-0.2, -0.15) is 23.8 Å². The van der Waals surface area contributed by atoms with Crippen molar-refractivity contribution in [1.82, 2.24) is 0 Å². The third-order valence-corrected chi connectivity index (χ3v) is 12.3. The van der Waals surface area contributed by atoms with Gasteiger partial charge in [0.1, 0.15) is 0 Å². The molecule has 0 aromatic heterocycles. The molecule has 312 valence electrons. The van der Waals surface area contributed by atoms with Crippen LogP contribution in [-0.2, 0) is 63.1 Å². The minimum atomic E-state index is 0. The van der Waals surface area contributed by atoms with Crippen molar-refractivity contribution >= 4 is 28.0 Å². The first kappa shape index (κ1) is 51.8. The Balaban J connectivity index is 0.000000354. The average molecular weight is 897 g/mol. The van der Waals surface area contributed by atoms with Crippen molar-refractivity contribution in [3.8, 4) is 11.1 Å². The molecule has 0 atom stereocenters. The van der Waals surface area contributed by atoms with Crippen molar-refractivity contribution in [2.75, 3.05) is 0 Å². The van der Waals surface area contributed by atoms with Gasteiger partial charge in [0.05, 0.1) is 0 Å². The summed E-state index contributed by atoms with van der Waals surface area (Å²) >= 11 is 1.46. The van der Waals surface area contributed by atoms with Crippen LogP contribution in [0.2, 0.25) is 0 Å². The summed E-state index contributed by atoms with van der Waals surface area (Å²) in [5, 5.41) is 0. The molecule has 58 heavy (non-hydrogen) atoms. The van der Waals surface area contributed by atoms with Crippen molar-refractivity contribution < 1.29 is 24.2 Å². The van der Waals surface area contributed by atoms with Gasteiger partial charge >= 0.3 is 151 Å². The summed E-state index contributed by atoms with van der Waals surface area (Å²) in [6.45, 7) is 41.5. The van der Waals surface area contributed by atoms with E-state index in [1.807, 2.05) is 12.2 Å². The number of halogens is 2. The van der Waals surface area contributed by atoms with E-state index in [1.165, 1.54) is 94.2 Å². The molecule has 6 rings (SSSR count). The van der Waals surface area contributed by atoms with Crippen molar-refractivity contribution in [3.63, 3.8) is 0 Å². The van der Waals surface area contributed by atoms with Gasteiger partial charge in [-0.25, -0.2) is 12.2 Å². The Morgan fingerprint density at radius 2 is 0.914 bits per heavy atom. The minimum Gasteiger partial charge on any atom is -0.273 e. The zero-order valence-electron chi connectivity index (χ0n) is 39.3. The fourth-order valence-electron chi connectivity index (χ4n) is 7.41. The van der Waals surface area contributed by atoms with Gasteiger partial charge in [0.25, 0.3) is 0 Å². The molecule has 0 amide bonds. The number of allylic oxidation sites excluding steroid dienone is 4. The smallest absolute Gasteiger partial charge is 0.109 e. The molecule has 4 aromatic rings. The molecule has 0 radical (unpaired) electrons. The predicted molar refractivity (Wildman–Crippen MR) is 258 cm³/mol. The first-order valence-corrected chi connectivity index (χ1v) is 22.0. The Kier molecular flexibility index (Phi) is 17.1. The maximum atomic E-state index is 3.90. The molecule has 0 fully saturated rings. The molecule has 0 heterocycles. The maximum absolute atomic E-state index is 3.90. The summed E-state index contributed by atoms with van der Waals surface area (Å²) in [6.07, 6.45) is 11.0. The molecule has 0 nitrogen and oxygen atoms in total. The summed E-state index contributed by atoms with van der Waals surface area (Å²) in [5.74, 6) is 0. The number of hydrogen-bond acceptors (Lipinski definition) is 0. The predicted octanol–water partition coefficient (Wildman–Crippen LogP) is 15.8. The van der Waals surface area contributed by atoms with Crippen LogP contribution in [0, 0.1) is 12.1 Å². The normalized spacial score (nSPS) is 13.6. The van der Waals surface area contributed by atoms with Crippen LogP contribution < -0.4 is 0 Å². The average Bonchev–Trinajstić information content (AvgIpc) is 3.77. The fraction of sp³-hybridized carbons (Fsp3) is 0.473. The third-order valence-electron chi connectivity index (χ3n) is 10.9. The van der Waals surface area contributed by atoms with Crippen LogP contribution in [-0.4, -0.2) is 3.21 Å². The van der Waals surface area contributed by atoms with Gasteiger partial charge in [-0.05, 0) is 39.4 Å². The van der Waals surface area contributed by atoms with Crippen molar-refractivity contribution in [3.05, 3.63) is 153 Å². The van der Waals surface area contributed by atoms with Gasteiger partial charge in [-0.3, -0.25) is 6.08 Å². The largest absolute Gasteiger partial charge is 0.273 e. The zero-order valence-corrected chi connectivity index (χ0v) is 43.4. The number of rotatable bonds is 2. The van der Waals surface area contributed by atoms with E-state index in [0.29, 0.717) is 0 Å².